The van der Waals surface area contributed by atoms with E-state index in [-0.39, 0.29) is 5.37 Å². The molecule has 2 aliphatic heterocycles. The minimum Gasteiger partial charge on any atom is -0.311 e. The Hall–Kier alpha value is 0.570. The van der Waals surface area contributed by atoms with Crippen molar-refractivity contribution in [3.8, 4) is 0 Å². The SMILES string of the molecule is CS(=O)(=O)C1CSCCN1CC1CSCCN1. The molecule has 2 heterocycles. The Labute approximate surface area is 112 Å². The van der Waals surface area contributed by atoms with Gasteiger partial charge >= 0.3 is 0 Å². The molecule has 2 aliphatic rings. The molecule has 0 spiro atoms. The first-order valence-electron chi connectivity index (χ1n) is 5.89. The Morgan fingerprint density at radius 1 is 1.29 bits per heavy atom. The second-order valence-electron chi connectivity index (χ2n) is 4.58. The molecule has 0 aromatic carbocycles. The van der Waals surface area contributed by atoms with E-state index in [1.54, 1.807) is 11.8 Å². The molecule has 2 unspecified atom stereocenters. The monoisotopic (exact) mass is 296 g/mol. The highest BCUT2D eigenvalue weighted by atomic mass is 32.2. The summed E-state index contributed by atoms with van der Waals surface area (Å²) < 4.78 is 23.5. The first kappa shape index (κ1) is 14.0. The molecule has 2 saturated heterocycles. The van der Waals surface area contributed by atoms with Gasteiger partial charge in [-0.2, -0.15) is 23.5 Å². The first-order chi connectivity index (χ1) is 8.07. The van der Waals surface area contributed by atoms with E-state index in [0.29, 0.717) is 6.04 Å². The second kappa shape index (κ2) is 6.14. The van der Waals surface area contributed by atoms with Gasteiger partial charge in [0, 0.05) is 54.9 Å². The van der Waals surface area contributed by atoms with Crippen LogP contribution >= 0.6 is 23.5 Å². The Bertz CT molecular complexity index is 341. The van der Waals surface area contributed by atoms with Gasteiger partial charge < -0.3 is 5.32 Å². The molecule has 100 valence electrons. The van der Waals surface area contributed by atoms with Crippen LogP contribution in [0, 0.1) is 0 Å². The molecule has 0 amide bonds. The molecular formula is C10H20N2O2S3. The minimum atomic E-state index is -2.96. The number of nitrogens with one attached hydrogen (secondary N) is 1. The fourth-order valence-corrected chi connectivity index (χ4v) is 6.13. The van der Waals surface area contributed by atoms with Crippen LogP contribution in [0.15, 0.2) is 0 Å². The fraction of sp³-hybridized carbons (Fsp3) is 1.00. The van der Waals surface area contributed by atoms with Crippen LogP contribution in [0.25, 0.3) is 0 Å². The predicted molar refractivity (Wildman–Crippen MR) is 76.6 cm³/mol. The van der Waals surface area contributed by atoms with E-state index >= 15 is 0 Å². The van der Waals surface area contributed by atoms with Crippen LogP contribution in [0.2, 0.25) is 0 Å². The summed E-state index contributed by atoms with van der Waals surface area (Å²) in [6, 6.07) is 0.445. The van der Waals surface area contributed by atoms with Crippen molar-refractivity contribution < 1.29 is 8.42 Å². The molecular weight excluding hydrogens is 276 g/mol. The number of thioether (sulfide) groups is 2. The average molecular weight is 296 g/mol. The molecule has 0 bridgehead atoms. The van der Waals surface area contributed by atoms with Crippen molar-refractivity contribution in [2.24, 2.45) is 0 Å². The molecule has 0 radical (unpaired) electrons. The fourth-order valence-electron chi connectivity index (χ4n) is 2.24. The minimum absolute atomic E-state index is 0.282. The van der Waals surface area contributed by atoms with Crippen molar-refractivity contribution >= 4 is 33.4 Å². The highest BCUT2D eigenvalue weighted by Gasteiger charge is 2.32. The molecule has 0 saturated carbocycles. The van der Waals surface area contributed by atoms with Crippen molar-refractivity contribution in [1.29, 1.82) is 0 Å². The Balaban J connectivity index is 1.96. The molecule has 2 fully saturated rings. The van der Waals surface area contributed by atoms with Crippen LogP contribution in [0.1, 0.15) is 0 Å². The third kappa shape index (κ3) is 4.02. The molecule has 7 heteroatoms. The maximum Gasteiger partial charge on any atom is 0.164 e. The van der Waals surface area contributed by atoms with E-state index < -0.39 is 9.84 Å². The van der Waals surface area contributed by atoms with Crippen LogP contribution < -0.4 is 5.32 Å². The van der Waals surface area contributed by atoms with Crippen molar-refractivity contribution in [1.82, 2.24) is 10.2 Å². The zero-order chi connectivity index (χ0) is 12.3. The van der Waals surface area contributed by atoms with Gasteiger partial charge in [0.25, 0.3) is 0 Å². The average Bonchev–Trinajstić information content (AvgIpc) is 2.30. The summed E-state index contributed by atoms with van der Waals surface area (Å²) >= 11 is 3.71. The summed E-state index contributed by atoms with van der Waals surface area (Å²) in [6.45, 7) is 2.80. The van der Waals surface area contributed by atoms with Gasteiger partial charge in [0.05, 0.1) is 0 Å². The lowest BCUT2D eigenvalue weighted by Crippen LogP contribution is -2.53. The van der Waals surface area contributed by atoms with Gasteiger partial charge in [-0.25, -0.2) is 8.42 Å². The smallest absolute Gasteiger partial charge is 0.164 e. The molecule has 0 aromatic heterocycles. The maximum atomic E-state index is 11.8. The van der Waals surface area contributed by atoms with Crippen molar-refractivity contribution in [2.75, 3.05) is 48.9 Å². The van der Waals surface area contributed by atoms with E-state index in [4.69, 9.17) is 0 Å². The highest BCUT2D eigenvalue weighted by Crippen LogP contribution is 2.21. The van der Waals surface area contributed by atoms with E-state index in [0.717, 1.165) is 36.9 Å². The quantitative estimate of drug-likeness (QED) is 0.798. The molecule has 17 heavy (non-hydrogen) atoms. The molecule has 1 N–H and O–H groups in total. The molecule has 2 atom stereocenters. The second-order valence-corrected chi connectivity index (χ2v) is 9.08. The van der Waals surface area contributed by atoms with Gasteiger partial charge in [-0.15, -0.1) is 0 Å². The lowest BCUT2D eigenvalue weighted by atomic mass is 10.3. The lowest BCUT2D eigenvalue weighted by molar-refractivity contribution is 0.245. The first-order valence-corrected chi connectivity index (χ1v) is 10.2. The van der Waals surface area contributed by atoms with Gasteiger partial charge in [-0.05, 0) is 0 Å². The van der Waals surface area contributed by atoms with Crippen LogP contribution in [0.4, 0.5) is 0 Å². The summed E-state index contributed by atoms with van der Waals surface area (Å²) in [5.74, 6) is 4.03. The zero-order valence-corrected chi connectivity index (χ0v) is 12.5. The van der Waals surface area contributed by atoms with Gasteiger partial charge in [-0.1, -0.05) is 0 Å². The van der Waals surface area contributed by atoms with E-state index in [2.05, 4.69) is 10.2 Å². The summed E-state index contributed by atoms with van der Waals surface area (Å²) in [5.41, 5.74) is 0. The molecule has 0 aromatic rings. The summed E-state index contributed by atoms with van der Waals surface area (Å²) in [4.78, 5) is 2.15. The summed E-state index contributed by atoms with van der Waals surface area (Å²) in [7, 11) is -2.96. The third-order valence-electron chi connectivity index (χ3n) is 3.14. The predicted octanol–water partition coefficient (Wildman–Crippen LogP) is 0.111. The molecule has 2 rings (SSSR count). The largest absolute Gasteiger partial charge is 0.311 e. The number of hydrogen-bond donors (Lipinski definition) is 1. The summed E-state index contributed by atoms with van der Waals surface area (Å²) in [5, 5.41) is 3.19. The maximum absolute atomic E-state index is 11.8. The Morgan fingerprint density at radius 3 is 2.71 bits per heavy atom. The van der Waals surface area contributed by atoms with Crippen LogP contribution in [-0.2, 0) is 9.84 Å². The number of nitrogens with zero attached hydrogens (tertiary/aromatic N) is 1. The topological polar surface area (TPSA) is 49.4 Å². The van der Waals surface area contributed by atoms with Gasteiger partial charge in [0.1, 0.15) is 5.37 Å². The zero-order valence-electron chi connectivity index (χ0n) is 10.1. The van der Waals surface area contributed by atoms with Gasteiger partial charge in [-0.3, -0.25) is 4.90 Å². The third-order valence-corrected chi connectivity index (χ3v) is 6.96. The van der Waals surface area contributed by atoms with Crippen molar-refractivity contribution in [3.63, 3.8) is 0 Å². The van der Waals surface area contributed by atoms with Crippen molar-refractivity contribution in [3.05, 3.63) is 0 Å². The normalized spacial score (nSPS) is 32.5. The number of hydrogen-bond acceptors (Lipinski definition) is 6. The van der Waals surface area contributed by atoms with Crippen LogP contribution in [0.3, 0.4) is 0 Å². The molecule has 0 aliphatic carbocycles. The highest BCUT2D eigenvalue weighted by molar-refractivity contribution is 8.00. The molecule has 4 nitrogen and oxygen atoms in total. The number of sulfone groups is 1. The van der Waals surface area contributed by atoms with Gasteiger partial charge in [0.15, 0.2) is 9.84 Å². The Kier molecular flexibility index (Phi) is 5.06. The Morgan fingerprint density at radius 2 is 2.06 bits per heavy atom. The van der Waals surface area contributed by atoms with Crippen LogP contribution in [-0.4, -0.2) is 73.6 Å². The van der Waals surface area contributed by atoms with Gasteiger partial charge in [0.2, 0.25) is 0 Å². The van der Waals surface area contributed by atoms with E-state index in [1.165, 1.54) is 12.0 Å². The number of rotatable bonds is 3. The van der Waals surface area contributed by atoms with E-state index in [9.17, 15) is 8.42 Å². The summed E-state index contributed by atoms with van der Waals surface area (Å²) in [6.07, 6.45) is 1.36. The van der Waals surface area contributed by atoms with Crippen LogP contribution in [0.5, 0.6) is 0 Å². The standard InChI is InChI=1S/C10H20N2O2S3/c1-17(13,14)10-8-16-5-3-12(10)6-9-7-15-4-2-11-9/h9-11H,2-8H2,1H3. The van der Waals surface area contributed by atoms with Crippen molar-refractivity contribution in [2.45, 2.75) is 11.4 Å². The van der Waals surface area contributed by atoms with E-state index in [1.807, 2.05) is 11.8 Å². The lowest BCUT2D eigenvalue weighted by Gasteiger charge is -2.37.